The highest BCUT2D eigenvalue weighted by Crippen LogP contribution is 2.38. The van der Waals surface area contributed by atoms with Gasteiger partial charge in [-0.15, -0.1) is 0 Å². The molecule has 0 N–H and O–H groups in total. The summed E-state index contributed by atoms with van der Waals surface area (Å²) in [6, 6.07) is 9.71. The van der Waals surface area contributed by atoms with Gasteiger partial charge in [0.2, 0.25) is 17.7 Å². The van der Waals surface area contributed by atoms with Crippen molar-refractivity contribution in [2.75, 3.05) is 12.3 Å². The van der Waals surface area contributed by atoms with Gasteiger partial charge < -0.3 is 0 Å². The molecule has 0 spiro atoms. The van der Waals surface area contributed by atoms with Crippen LogP contribution in [-0.2, 0) is 14.4 Å². The van der Waals surface area contributed by atoms with Crippen LogP contribution in [0.2, 0.25) is 0 Å². The zero-order valence-electron chi connectivity index (χ0n) is 16.8. The second kappa shape index (κ2) is 8.69. The quantitative estimate of drug-likeness (QED) is 0.692. The number of thioether (sulfide) groups is 1. The van der Waals surface area contributed by atoms with Crippen LogP contribution in [-0.4, -0.2) is 51.0 Å². The molecule has 2 saturated heterocycles. The lowest BCUT2D eigenvalue weighted by molar-refractivity contribution is -0.140. The number of imide groups is 1. The highest BCUT2D eigenvalue weighted by Gasteiger charge is 2.48. The van der Waals surface area contributed by atoms with E-state index < -0.39 is 0 Å². The van der Waals surface area contributed by atoms with Crippen molar-refractivity contribution in [2.24, 2.45) is 16.8 Å². The minimum Gasteiger partial charge on any atom is -0.287 e. The average molecular weight is 414 g/mol. The van der Waals surface area contributed by atoms with E-state index in [-0.39, 0.29) is 48.6 Å². The van der Waals surface area contributed by atoms with E-state index in [1.807, 2.05) is 30.3 Å². The zero-order valence-corrected chi connectivity index (χ0v) is 17.6. The van der Waals surface area contributed by atoms with Gasteiger partial charge in [-0.3, -0.25) is 24.2 Å². The summed E-state index contributed by atoms with van der Waals surface area (Å²) in [5.74, 6) is 0.285. The molecule has 0 aromatic heterocycles. The molecule has 4 rings (SSSR count). The van der Waals surface area contributed by atoms with Gasteiger partial charge >= 0.3 is 0 Å². The van der Waals surface area contributed by atoms with E-state index in [0.717, 1.165) is 43.5 Å². The first kappa shape index (κ1) is 20.1. The minimum absolute atomic E-state index is 0.0630. The Balaban J connectivity index is 1.45. The molecule has 7 heteroatoms. The number of nitrogens with zero attached hydrogens (tertiary/aromatic N) is 3. The number of amides is 3. The molecule has 2 heterocycles. The molecule has 1 saturated carbocycles. The van der Waals surface area contributed by atoms with Crippen molar-refractivity contribution in [1.82, 2.24) is 9.80 Å². The molecule has 6 nitrogen and oxygen atoms in total. The number of para-hydroxylation sites is 1. The summed E-state index contributed by atoms with van der Waals surface area (Å²) >= 11 is 1.59. The number of benzene rings is 1. The smallest absolute Gasteiger partial charge is 0.233 e. The first-order chi connectivity index (χ1) is 14.1. The van der Waals surface area contributed by atoms with Crippen LogP contribution in [0.1, 0.15) is 45.4 Å². The van der Waals surface area contributed by atoms with Gasteiger partial charge in [-0.25, -0.2) is 4.99 Å². The fourth-order valence-corrected chi connectivity index (χ4v) is 5.85. The number of hydrogen-bond acceptors (Lipinski definition) is 5. The number of hydrogen-bond donors (Lipinski definition) is 0. The van der Waals surface area contributed by atoms with Crippen molar-refractivity contribution in [3.8, 4) is 0 Å². The number of aliphatic imine (C=N–C) groups is 1. The summed E-state index contributed by atoms with van der Waals surface area (Å²) in [4.78, 5) is 46.2. The molecule has 3 atom stereocenters. The van der Waals surface area contributed by atoms with E-state index in [0.29, 0.717) is 5.17 Å². The summed E-state index contributed by atoms with van der Waals surface area (Å²) in [5.41, 5.74) is 0.818. The van der Waals surface area contributed by atoms with E-state index in [1.54, 1.807) is 16.7 Å². The molecule has 3 aliphatic rings. The van der Waals surface area contributed by atoms with Crippen LogP contribution >= 0.6 is 11.8 Å². The van der Waals surface area contributed by atoms with Crippen LogP contribution in [0.4, 0.5) is 5.69 Å². The lowest BCUT2D eigenvalue weighted by atomic mass is 9.81. The van der Waals surface area contributed by atoms with Gasteiger partial charge in [0.25, 0.3) is 0 Å². The summed E-state index contributed by atoms with van der Waals surface area (Å²) < 4.78 is 0. The summed E-state index contributed by atoms with van der Waals surface area (Å²) in [5, 5.41) is 0.709. The number of likely N-dealkylation sites (tertiary alicyclic amines) is 1. The minimum atomic E-state index is -0.160. The van der Waals surface area contributed by atoms with Crippen LogP contribution in [0.15, 0.2) is 35.3 Å². The maximum absolute atomic E-state index is 13.1. The molecule has 0 radical (unpaired) electrons. The number of carbonyl (C=O) groups is 3. The van der Waals surface area contributed by atoms with E-state index >= 15 is 0 Å². The first-order valence-electron chi connectivity index (χ1n) is 10.5. The van der Waals surface area contributed by atoms with E-state index in [9.17, 15) is 14.4 Å². The SMILES string of the molecule is CC[C@@H]1CSC(=Nc2ccccc2)N1C(=O)CCN1C(=O)[C@H]2CCCC[C@H]2C1=O. The third-order valence-electron chi connectivity index (χ3n) is 6.18. The van der Waals surface area contributed by atoms with E-state index in [1.165, 1.54) is 4.90 Å². The van der Waals surface area contributed by atoms with Crippen molar-refractivity contribution >= 4 is 40.3 Å². The van der Waals surface area contributed by atoms with Gasteiger partial charge in [0.05, 0.1) is 17.5 Å². The zero-order chi connectivity index (χ0) is 20.4. The van der Waals surface area contributed by atoms with Crippen LogP contribution in [0.5, 0.6) is 0 Å². The van der Waals surface area contributed by atoms with Gasteiger partial charge in [-0.05, 0) is 31.4 Å². The summed E-state index contributed by atoms with van der Waals surface area (Å²) in [6.07, 6.45) is 4.62. The Kier molecular flexibility index (Phi) is 6.04. The second-order valence-corrected chi connectivity index (χ2v) is 8.93. The fourth-order valence-electron chi connectivity index (χ4n) is 4.56. The topological polar surface area (TPSA) is 70.1 Å². The maximum atomic E-state index is 13.1. The third-order valence-corrected chi connectivity index (χ3v) is 7.28. The normalized spacial score (nSPS) is 28.3. The molecule has 154 valence electrons. The molecular weight excluding hydrogens is 386 g/mol. The Morgan fingerprint density at radius 3 is 2.38 bits per heavy atom. The maximum Gasteiger partial charge on any atom is 0.233 e. The molecule has 1 aromatic rings. The first-order valence-corrected chi connectivity index (χ1v) is 11.5. The molecule has 29 heavy (non-hydrogen) atoms. The van der Waals surface area contributed by atoms with Crippen molar-refractivity contribution in [2.45, 2.75) is 51.5 Å². The van der Waals surface area contributed by atoms with E-state index in [4.69, 9.17) is 0 Å². The van der Waals surface area contributed by atoms with Gasteiger partial charge in [0.15, 0.2) is 5.17 Å². The number of fused-ring (bicyclic) bond motifs is 1. The molecule has 3 fully saturated rings. The number of rotatable bonds is 5. The van der Waals surface area contributed by atoms with Gasteiger partial charge in [0.1, 0.15) is 0 Å². The molecule has 2 aliphatic heterocycles. The predicted molar refractivity (Wildman–Crippen MR) is 114 cm³/mol. The molecular formula is C22H27N3O3S. The monoisotopic (exact) mass is 413 g/mol. The van der Waals surface area contributed by atoms with Crippen molar-refractivity contribution in [1.29, 1.82) is 0 Å². The van der Waals surface area contributed by atoms with Gasteiger partial charge in [-0.1, -0.05) is 49.7 Å². The fraction of sp³-hybridized carbons (Fsp3) is 0.545. The Bertz CT molecular complexity index is 802. The van der Waals surface area contributed by atoms with Crippen LogP contribution in [0.25, 0.3) is 0 Å². The largest absolute Gasteiger partial charge is 0.287 e. The molecule has 0 unspecified atom stereocenters. The third kappa shape index (κ3) is 3.97. The molecule has 1 aromatic carbocycles. The average Bonchev–Trinajstić information content (AvgIpc) is 3.26. The van der Waals surface area contributed by atoms with Crippen LogP contribution in [0.3, 0.4) is 0 Å². The summed E-state index contributed by atoms with van der Waals surface area (Å²) in [7, 11) is 0. The summed E-state index contributed by atoms with van der Waals surface area (Å²) in [6.45, 7) is 2.24. The van der Waals surface area contributed by atoms with E-state index in [2.05, 4.69) is 11.9 Å². The molecule has 0 bridgehead atoms. The Morgan fingerprint density at radius 2 is 1.76 bits per heavy atom. The van der Waals surface area contributed by atoms with Gasteiger partial charge in [0, 0.05) is 24.8 Å². The lowest BCUT2D eigenvalue weighted by Gasteiger charge is -2.24. The van der Waals surface area contributed by atoms with Crippen LogP contribution in [0, 0.1) is 11.8 Å². The van der Waals surface area contributed by atoms with Crippen LogP contribution < -0.4 is 0 Å². The van der Waals surface area contributed by atoms with Crippen molar-refractivity contribution < 1.29 is 14.4 Å². The Labute approximate surface area is 175 Å². The number of amidine groups is 1. The highest BCUT2D eigenvalue weighted by atomic mass is 32.2. The second-order valence-electron chi connectivity index (χ2n) is 7.94. The molecule has 3 amide bonds. The molecule has 1 aliphatic carbocycles. The number of carbonyl (C=O) groups excluding carboxylic acids is 3. The standard InChI is InChI=1S/C22H27N3O3S/c1-2-16-14-29-22(23-15-8-4-3-5-9-15)25(16)19(26)12-13-24-20(27)17-10-6-7-11-18(17)21(24)28/h3-5,8-9,16-18H,2,6-7,10-14H2,1H3/t16-,17-,18+/m1/s1. The predicted octanol–water partition coefficient (Wildman–Crippen LogP) is 3.59. The van der Waals surface area contributed by atoms with Crippen molar-refractivity contribution in [3.05, 3.63) is 30.3 Å². The van der Waals surface area contributed by atoms with Crippen molar-refractivity contribution in [3.63, 3.8) is 0 Å². The van der Waals surface area contributed by atoms with Gasteiger partial charge in [-0.2, -0.15) is 0 Å². The lowest BCUT2D eigenvalue weighted by Crippen LogP contribution is -2.41. The Hall–Kier alpha value is -2.15. The Morgan fingerprint density at radius 1 is 1.10 bits per heavy atom. The highest BCUT2D eigenvalue weighted by molar-refractivity contribution is 8.14.